The van der Waals surface area contributed by atoms with Crippen LogP contribution < -0.4 is 10.2 Å². The maximum Gasteiger partial charge on any atom is 0.345 e. The van der Waals surface area contributed by atoms with Gasteiger partial charge in [-0.25, -0.2) is 4.79 Å². The minimum absolute atomic E-state index is 0.188. The monoisotopic (exact) mass is 383 g/mol. The summed E-state index contributed by atoms with van der Waals surface area (Å²) < 4.78 is 4.93. The number of anilines is 2. The van der Waals surface area contributed by atoms with E-state index < -0.39 is 23.4 Å². The largest absolute Gasteiger partial charge is 0.452 e. The Hall–Kier alpha value is -3.42. The van der Waals surface area contributed by atoms with Crippen molar-refractivity contribution >= 4 is 28.9 Å². The van der Waals surface area contributed by atoms with E-state index in [-0.39, 0.29) is 11.3 Å². The van der Waals surface area contributed by atoms with Gasteiger partial charge in [0, 0.05) is 30.5 Å². The molecular formula is C20H21N3O5. The van der Waals surface area contributed by atoms with Gasteiger partial charge in [0.05, 0.1) is 4.92 Å². The number of hydrogen-bond acceptors (Lipinski definition) is 6. The molecule has 0 saturated carbocycles. The number of carbonyl (C=O) groups is 2. The fourth-order valence-corrected chi connectivity index (χ4v) is 3.16. The molecule has 0 spiro atoms. The van der Waals surface area contributed by atoms with Crippen molar-refractivity contribution in [1.82, 2.24) is 0 Å². The number of esters is 1. The number of aryl methyl sites for hydroxylation is 1. The molecule has 0 bridgehead atoms. The first-order valence-corrected chi connectivity index (χ1v) is 9.01. The quantitative estimate of drug-likeness (QED) is 0.466. The van der Waals surface area contributed by atoms with Gasteiger partial charge in [-0.3, -0.25) is 14.9 Å². The van der Waals surface area contributed by atoms with Crippen LogP contribution in [-0.2, 0) is 9.53 Å². The Balaban J connectivity index is 1.59. The number of nitro benzene ring substituents is 1. The van der Waals surface area contributed by atoms with Gasteiger partial charge in [-0.2, -0.15) is 0 Å². The molecule has 8 nitrogen and oxygen atoms in total. The van der Waals surface area contributed by atoms with E-state index in [4.69, 9.17) is 4.74 Å². The number of para-hydroxylation sites is 1. The summed E-state index contributed by atoms with van der Waals surface area (Å²) in [6.45, 7) is 3.44. The van der Waals surface area contributed by atoms with Crippen molar-refractivity contribution in [1.29, 1.82) is 0 Å². The molecule has 1 amide bonds. The summed E-state index contributed by atoms with van der Waals surface area (Å²) in [7, 11) is 0. The van der Waals surface area contributed by atoms with Crippen molar-refractivity contribution < 1.29 is 19.2 Å². The van der Waals surface area contributed by atoms with E-state index in [9.17, 15) is 19.7 Å². The van der Waals surface area contributed by atoms with Gasteiger partial charge in [0.25, 0.3) is 11.6 Å². The number of amides is 1. The van der Waals surface area contributed by atoms with E-state index in [1.165, 1.54) is 37.1 Å². The molecule has 1 N–H and O–H groups in total. The van der Waals surface area contributed by atoms with Crippen LogP contribution in [0, 0.1) is 17.0 Å². The standard InChI is InChI=1S/C20H21N3O5/c1-14-12-15(22-10-4-5-11-22)8-9-17(14)21-19(24)13-28-20(25)16-6-2-3-7-18(16)23(26)27/h2-3,6-9,12H,4-5,10-11,13H2,1H3,(H,21,24). The van der Waals surface area contributed by atoms with Gasteiger partial charge in [0.2, 0.25) is 0 Å². The van der Waals surface area contributed by atoms with E-state index in [0.717, 1.165) is 24.3 Å². The summed E-state index contributed by atoms with van der Waals surface area (Å²) >= 11 is 0. The Morgan fingerprint density at radius 1 is 1.18 bits per heavy atom. The van der Waals surface area contributed by atoms with E-state index >= 15 is 0 Å². The average molecular weight is 383 g/mol. The van der Waals surface area contributed by atoms with Gasteiger partial charge in [0.15, 0.2) is 6.61 Å². The van der Waals surface area contributed by atoms with Crippen molar-refractivity contribution in [3.63, 3.8) is 0 Å². The Labute approximate surface area is 162 Å². The van der Waals surface area contributed by atoms with Crippen molar-refractivity contribution in [2.45, 2.75) is 19.8 Å². The molecule has 0 radical (unpaired) electrons. The molecule has 28 heavy (non-hydrogen) atoms. The molecule has 1 heterocycles. The fourth-order valence-electron chi connectivity index (χ4n) is 3.16. The normalized spacial score (nSPS) is 13.2. The molecule has 0 aliphatic carbocycles. The third kappa shape index (κ3) is 4.46. The highest BCUT2D eigenvalue weighted by atomic mass is 16.6. The Bertz CT molecular complexity index is 906. The fraction of sp³-hybridized carbons (Fsp3) is 0.300. The number of nitrogens with zero attached hydrogens (tertiary/aromatic N) is 2. The highest BCUT2D eigenvalue weighted by molar-refractivity contribution is 5.97. The maximum absolute atomic E-state index is 12.1. The summed E-state index contributed by atoms with van der Waals surface area (Å²) in [5.41, 5.74) is 2.11. The van der Waals surface area contributed by atoms with Crippen molar-refractivity contribution in [3.05, 3.63) is 63.7 Å². The average Bonchev–Trinajstić information content (AvgIpc) is 3.22. The molecule has 1 saturated heterocycles. The zero-order valence-electron chi connectivity index (χ0n) is 15.5. The number of ether oxygens (including phenoxy) is 1. The van der Waals surface area contributed by atoms with Crippen LogP contribution in [0.5, 0.6) is 0 Å². The van der Waals surface area contributed by atoms with Gasteiger partial charge >= 0.3 is 5.97 Å². The van der Waals surface area contributed by atoms with E-state index in [0.29, 0.717) is 5.69 Å². The van der Waals surface area contributed by atoms with Crippen molar-refractivity contribution in [2.75, 3.05) is 29.9 Å². The molecule has 3 rings (SSSR count). The topological polar surface area (TPSA) is 102 Å². The first-order valence-electron chi connectivity index (χ1n) is 9.01. The second-order valence-electron chi connectivity index (χ2n) is 6.59. The third-order valence-corrected chi connectivity index (χ3v) is 4.61. The first-order chi connectivity index (χ1) is 13.5. The van der Waals surface area contributed by atoms with E-state index in [2.05, 4.69) is 10.2 Å². The summed E-state index contributed by atoms with van der Waals surface area (Å²) in [5.74, 6) is -1.42. The second kappa shape index (κ2) is 8.51. The van der Waals surface area contributed by atoms with Crippen molar-refractivity contribution in [3.8, 4) is 0 Å². The number of carbonyl (C=O) groups excluding carboxylic acids is 2. The Kier molecular flexibility index (Phi) is 5.88. The van der Waals surface area contributed by atoms with Crippen LogP contribution in [0.25, 0.3) is 0 Å². The lowest BCUT2D eigenvalue weighted by atomic mass is 10.1. The van der Waals surface area contributed by atoms with Crippen LogP contribution in [0.1, 0.15) is 28.8 Å². The highest BCUT2D eigenvalue weighted by Crippen LogP contribution is 2.25. The maximum atomic E-state index is 12.1. The minimum atomic E-state index is -0.913. The lowest BCUT2D eigenvalue weighted by Crippen LogP contribution is -2.22. The summed E-state index contributed by atoms with van der Waals surface area (Å²) in [6, 6.07) is 11.2. The summed E-state index contributed by atoms with van der Waals surface area (Å²) in [4.78, 5) is 36.8. The van der Waals surface area contributed by atoms with Crippen molar-refractivity contribution in [2.24, 2.45) is 0 Å². The van der Waals surface area contributed by atoms with E-state index in [1.54, 1.807) is 0 Å². The first kappa shape index (κ1) is 19.3. The van der Waals surface area contributed by atoms with Crippen LogP contribution in [-0.4, -0.2) is 36.5 Å². The summed E-state index contributed by atoms with van der Waals surface area (Å²) in [6.07, 6.45) is 2.37. The smallest absolute Gasteiger partial charge is 0.345 e. The van der Waals surface area contributed by atoms with Gasteiger partial charge < -0.3 is 15.0 Å². The predicted octanol–water partition coefficient (Wildman–Crippen LogP) is 3.30. The second-order valence-corrected chi connectivity index (χ2v) is 6.59. The Morgan fingerprint density at radius 2 is 1.89 bits per heavy atom. The van der Waals surface area contributed by atoms with Crippen LogP contribution in [0.2, 0.25) is 0 Å². The Morgan fingerprint density at radius 3 is 2.57 bits per heavy atom. The van der Waals surface area contributed by atoms with Crippen LogP contribution in [0.15, 0.2) is 42.5 Å². The molecule has 0 unspecified atom stereocenters. The molecule has 2 aromatic carbocycles. The zero-order valence-corrected chi connectivity index (χ0v) is 15.5. The number of nitrogens with one attached hydrogen (secondary N) is 1. The zero-order chi connectivity index (χ0) is 20.1. The molecule has 0 atom stereocenters. The van der Waals surface area contributed by atoms with Gasteiger partial charge in [-0.1, -0.05) is 12.1 Å². The molecule has 1 aliphatic rings. The van der Waals surface area contributed by atoms with Gasteiger partial charge in [-0.15, -0.1) is 0 Å². The molecule has 8 heteroatoms. The number of nitro groups is 1. The molecular weight excluding hydrogens is 362 g/mol. The van der Waals surface area contributed by atoms with Gasteiger partial charge in [-0.05, 0) is 49.6 Å². The highest BCUT2D eigenvalue weighted by Gasteiger charge is 2.21. The van der Waals surface area contributed by atoms with Crippen LogP contribution in [0.3, 0.4) is 0 Å². The molecule has 2 aromatic rings. The molecule has 1 fully saturated rings. The minimum Gasteiger partial charge on any atom is -0.452 e. The van der Waals surface area contributed by atoms with E-state index in [1.807, 2.05) is 25.1 Å². The summed E-state index contributed by atoms with van der Waals surface area (Å²) in [5, 5.41) is 13.7. The van der Waals surface area contributed by atoms with Crippen LogP contribution in [0.4, 0.5) is 17.1 Å². The van der Waals surface area contributed by atoms with Gasteiger partial charge in [0.1, 0.15) is 5.56 Å². The molecule has 1 aliphatic heterocycles. The predicted molar refractivity (Wildman–Crippen MR) is 105 cm³/mol. The lowest BCUT2D eigenvalue weighted by molar-refractivity contribution is -0.385. The lowest BCUT2D eigenvalue weighted by Gasteiger charge is -2.19. The SMILES string of the molecule is Cc1cc(N2CCCC2)ccc1NC(=O)COC(=O)c1ccccc1[N+](=O)[O-]. The third-order valence-electron chi connectivity index (χ3n) is 4.61. The molecule has 0 aromatic heterocycles. The number of hydrogen-bond donors (Lipinski definition) is 1. The molecule has 146 valence electrons. The van der Waals surface area contributed by atoms with Crippen LogP contribution >= 0.6 is 0 Å². The number of benzene rings is 2. The number of rotatable bonds is 6.